The summed E-state index contributed by atoms with van der Waals surface area (Å²) in [6.45, 7) is -0.0460. The lowest BCUT2D eigenvalue weighted by Crippen LogP contribution is -2.50. The van der Waals surface area contributed by atoms with E-state index in [4.69, 9.17) is 32.7 Å². The Morgan fingerprint density at radius 3 is 2.62 bits per heavy atom. The van der Waals surface area contributed by atoms with Crippen molar-refractivity contribution in [3.8, 4) is 11.5 Å². The van der Waals surface area contributed by atoms with Gasteiger partial charge in [-0.1, -0.05) is 35.3 Å². The molecule has 1 aromatic carbocycles. The average Bonchev–Trinajstić information content (AvgIpc) is 2.91. The highest BCUT2D eigenvalue weighted by Crippen LogP contribution is 2.34. The van der Waals surface area contributed by atoms with Crippen LogP contribution in [-0.4, -0.2) is 27.0 Å². The number of halogens is 2. The molecule has 0 saturated carbocycles. The van der Waals surface area contributed by atoms with Gasteiger partial charge in [0.1, 0.15) is 15.8 Å². The summed E-state index contributed by atoms with van der Waals surface area (Å²) in [5.74, 6) is 0.215. The molecule has 0 spiro atoms. The minimum atomic E-state index is -4.05. The van der Waals surface area contributed by atoms with E-state index in [-0.39, 0.29) is 20.2 Å². The van der Waals surface area contributed by atoms with Crippen LogP contribution >= 0.6 is 34.5 Å². The summed E-state index contributed by atoms with van der Waals surface area (Å²) in [5.41, 5.74) is 2.08. The number of ether oxygens (including phenoxy) is 2. The number of carbonyl (C=O) groups excluding carboxylic acids is 1. The Bertz CT molecular complexity index is 884. The minimum absolute atomic E-state index is 0.00655. The van der Waals surface area contributed by atoms with Crippen molar-refractivity contribution >= 4 is 50.5 Å². The molecule has 0 radical (unpaired) electrons. The van der Waals surface area contributed by atoms with E-state index in [0.29, 0.717) is 11.5 Å². The van der Waals surface area contributed by atoms with Crippen molar-refractivity contribution in [2.75, 3.05) is 6.61 Å². The smallest absolute Gasteiger partial charge is 0.279 e. The van der Waals surface area contributed by atoms with Gasteiger partial charge >= 0.3 is 0 Å². The molecule has 1 amide bonds. The molecule has 0 bridgehead atoms. The maximum absolute atomic E-state index is 12.1. The summed E-state index contributed by atoms with van der Waals surface area (Å²) >= 11 is 12.4. The predicted octanol–water partition coefficient (Wildman–Crippen LogP) is 2.20. The van der Waals surface area contributed by atoms with Crippen molar-refractivity contribution in [3.63, 3.8) is 0 Å². The second kappa shape index (κ2) is 6.77. The van der Waals surface area contributed by atoms with Crippen LogP contribution in [0.25, 0.3) is 0 Å². The normalized spacial score (nSPS) is 16.7. The Morgan fingerprint density at radius 2 is 1.96 bits per heavy atom. The summed E-state index contributed by atoms with van der Waals surface area (Å²) < 4.78 is 35.3. The molecule has 2 N–H and O–H groups in total. The van der Waals surface area contributed by atoms with E-state index in [9.17, 15) is 13.2 Å². The first-order valence-electron chi connectivity index (χ1n) is 6.52. The van der Waals surface area contributed by atoms with Gasteiger partial charge in [-0.2, -0.15) is 0 Å². The molecule has 1 aliphatic heterocycles. The molecule has 0 aliphatic carbocycles. The number of hydrogen-bond acceptors (Lipinski definition) is 6. The number of carbonyl (C=O) groups is 1. The topological polar surface area (TPSA) is 93.7 Å². The molecule has 24 heavy (non-hydrogen) atoms. The van der Waals surface area contributed by atoms with Gasteiger partial charge in [0.15, 0.2) is 11.5 Å². The van der Waals surface area contributed by atoms with Crippen LogP contribution in [0.15, 0.2) is 35.2 Å². The van der Waals surface area contributed by atoms with Gasteiger partial charge in [0.25, 0.3) is 15.9 Å². The van der Waals surface area contributed by atoms with Gasteiger partial charge in [0.05, 0.1) is 4.34 Å². The van der Waals surface area contributed by atoms with Gasteiger partial charge < -0.3 is 9.47 Å². The van der Waals surface area contributed by atoms with Crippen LogP contribution < -0.4 is 19.7 Å². The molecule has 7 nitrogen and oxygen atoms in total. The maximum Gasteiger partial charge on any atom is 0.279 e. The Hall–Kier alpha value is -1.52. The molecule has 1 aliphatic rings. The number of fused-ring (bicyclic) bond motifs is 1. The standard InChI is InChI=1S/C13H10Cl2N2O5S2/c14-11-5-10(12(15)23-11)24(19,20)17-16-13(18)9-6-21-7-3-1-2-4-8(7)22-9/h1-5,9,17H,6H2,(H,16,18)/t9-/m0/s1. The van der Waals surface area contributed by atoms with Crippen LogP contribution in [0, 0.1) is 0 Å². The van der Waals surface area contributed by atoms with E-state index in [2.05, 4.69) is 5.43 Å². The van der Waals surface area contributed by atoms with Gasteiger partial charge in [0.2, 0.25) is 6.10 Å². The van der Waals surface area contributed by atoms with Crippen LogP contribution in [0.5, 0.6) is 11.5 Å². The summed E-state index contributed by atoms with van der Waals surface area (Å²) in [6.07, 6.45) is -0.996. The van der Waals surface area contributed by atoms with E-state index < -0.39 is 22.0 Å². The third-order valence-electron chi connectivity index (χ3n) is 3.02. The van der Waals surface area contributed by atoms with Gasteiger partial charge in [-0.3, -0.25) is 10.2 Å². The van der Waals surface area contributed by atoms with E-state index in [1.54, 1.807) is 24.3 Å². The van der Waals surface area contributed by atoms with E-state index in [0.717, 1.165) is 11.3 Å². The van der Waals surface area contributed by atoms with Gasteiger partial charge in [0, 0.05) is 0 Å². The minimum Gasteiger partial charge on any atom is -0.485 e. The monoisotopic (exact) mass is 408 g/mol. The SMILES string of the molecule is O=C(NNS(=O)(=O)c1cc(Cl)sc1Cl)[C@@H]1COc2ccccc2O1. The lowest BCUT2D eigenvalue weighted by molar-refractivity contribution is -0.130. The summed E-state index contributed by atoms with van der Waals surface area (Å²) in [5, 5.41) is 0. The van der Waals surface area contributed by atoms with E-state index >= 15 is 0 Å². The van der Waals surface area contributed by atoms with Crippen LogP contribution in [0.3, 0.4) is 0 Å². The van der Waals surface area contributed by atoms with Crippen molar-refractivity contribution in [3.05, 3.63) is 39.0 Å². The molecule has 2 aromatic rings. The molecule has 0 saturated heterocycles. The summed E-state index contributed by atoms with van der Waals surface area (Å²) in [6, 6.07) is 8.04. The molecule has 2 heterocycles. The zero-order chi connectivity index (χ0) is 17.3. The fourth-order valence-corrected chi connectivity index (χ4v) is 4.91. The van der Waals surface area contributed by atoms with E-state index in [1.807, 2.05) is 4.83 Å². The van der Waals surface area contributed by atoms with Crippen molar-refractivity contribution in [2.24, 2.45) is 0 Å². The number of hydrazine groups is 1. The molecule has 11 heteroatoms. The number of sulfonamides is 1. The molecular weight excluding hydrogens is 399 g/mol. The zero-order valence-corrected chi connectivity index (χ0v) is 14.9. The zero-order valence-electron chi connectivity index (χ0n) is 11.8. The summed E-state index contributed by atoms with van der Waals surface area (Å²) in [7, 11) is -4.05. The fraction of sp³-hybridized carbons (Fsp3) is 0.154. The van der Waals surface area contributed by atoms with Crippen LogP contribution in [-0.2, 0) is 14.8 Å². The molecule has 0 fully saturated rings. The second-order valence-electron chi connectivity index (χ2n) is 4.65. The maximum atomic E-state index is 12.1. The number of benzene rings is 1. The highest BCUT2D eigenvalue weighted by atomic mass is 35.5. The molecular formula is C13H10Cl2N2O5S2. The molecule has 0 unspecified atom stereocenters. The molecule has 128 valence electrons. The van der Waals surface area contributed by atoms with Crippen molar-refractivity contribution in [1.82, 2.24) is 10.3 Å². The molecule has 1 atom stereocenters. The van der Waals surface area contributed by atoms with Crippen molar-refractivity contribution in [1.29, 1.82) is 0 Å². The van der Waals surface area contributed by atoms with Crippen molar-refractivity contribution in [2.45, 2.75) is 11.0 Å². The third kappa shape index (κ3) is 3.60. The highest BCUT2D eigenvalue weighted by Gasteiger charge is 2.29. The Balaban J connectivity index is 1.65. The lowest BCUT2D eigenvalue weighted by Gasteiger charge is -2.25. The Labute approximate surface area is 151 Å². The second-order valence-corrected chi connectivity index (χ2v) is 8.58. The first-order valence-corrected chi connectivity index (χ1v) is 9.57. The van der Waals surface area contributed by atoms with Gasteiger partial charge in [-0.15, -0.1) is 16.2 Å². The largest absolute Gasteiger partial charge is 0.485 e. The van der Waals surface area contributed by atoms with Crippen LogP contribution in [0.1, 0.15) is 0 Å². The average molecular weight is 409 g/mol. The molecule has 3 rings (SSSR count). The quantitative estimate of drug-likeness (QED) is 0.756. The number of nitrogens with one attached hydrogen (secondary N) is 2. The third-order valence-corrected chi connectivity index (χ3v) is 6.03. The van der Waals surface area contributed by atoms with E-state index in [1.165, 1.54) is 6.07 Å². The number of para-hydroxylation sites is 2. The van der Waals surface area contributed by atoms with Gasteiger partial charge in [-0.25, -0.2) is 8.42 Å². The summed E-state index contributed by atoms with van der Waals surface area (Å²) in [4.78, 5) is 13.8. The predicted molar refractivity (Wildman–Crippen MR) is 89.2 cm³/mol. The fourth-order valence-electron chi connectivity index (χ4n) is 1.91. The van der Waals surface area contributed by atoms with Crippen LogP contribution in [0.2, 0.25) is 8.67 Å². The first-order chi connectivity index (χ1) is 11.4. The number of hydrogen-bond donors (Lipinski definition) is 2. The first kappa shape index (κ1) is 17.3. The number of thiophene rings is 1. The molecule has 1 aromatic heterocycles. The Kier molecular flexibility index (Phi) is 4.88. The van der Waals surface area contributed by atoms with Crippen LogP contribution in [0.4, 0.5) is 0 Å². The number of rotatable bonds is 4. The number of amides is 1. The lowest BCUT2D eigenvalue weighted by atomic mass is 10.2. The Morgan fingerprint density at radius 1 is 1.25 bits per heavy atom. The van der Waals surface area contributed by atoms with Gasteiger partial charge in [-0.05, 0) is 18.2 Å². The van der Waals surface area contributed by atoms with Crippen molar-refractivity contribution < 1.29 is 22.7 Å². The highest BCUT2D eigenvalue weighted by molar-refractivity contribution is 7.89.